The molecule has 0 heterocycles. The van der Waals surface area contributed by atoms with Gasteiger partial charge in [-0.25, -0.2) is 0 Å². The lowest BCUT2D eigenvalue weighted by atomic mass is 9.80. The van der Waals surface area contributed by atoms with Crippen molar-refractivity contribution in [1.82, 2.24) is 0 Å². The van der Waals surface area contributed by atoms with Crippen LogP contribution in [0.5, 0.6) is 5.75 Å². The largest absolute Gasteiger partial charge is 0.489 e. The van der Waals surface area contributed by atoms with Gasteiger partial charge in [-0.2, -0.15) is 0 Å². The quantitative estimate of drug-likeness (QED) is 0.112. The Hall–Kier alpha value is -4.14. The van der Waals surface area contributed by atoms with E-state index in [9.17, 15) is 0 Å². The SMILES string of the molecule is C=CCOc1c(C(C)(C)C)cc(C(C)(C)C)cc1[Si](C)(C)C1c2cc(-c3ccc(CC)cc3)ccc2-c2ccc(-c3ccc(CC)cc3)cc21. The van der Waals surface area contributed by atoms with Crippen molar-refractivity contribution in [3.05, 3.63) is 143 Å². The van der Waals surface area contributed by atoms with Crippen molar-refractivity contribution < 1.29 is 4.74 Å². The van der Waals surface area contributed by atoms with Gasteiger partial charge in [0, 0.05) is 5.54 Å². The molecule has 258 valence electrons. The minimum Gasteiger partial charge on any atom is -0.489 e. The van der Waals surface area contributed by atoms with E-state index in [-0.39, 0.29) is 16.4 Å². The summed E-state index contributed by atoms with van der Waals surface area (Å²) in [4.78, 5) is 0. The third-order valence-corrected chi connectivity index (χ3v) is 14.8. The number of rotatable bonds is 9. The second-order valence-electron chi connectivity index (χ2n) is 16.9. The normalized spacial score (nSPS) is 13.2. The molecule has 0 radical (unpaired) electrons. The molecule has 0 bridgehead atoms. The molecule has 0 atom stereocenters. The van der Waals surface area contributed by atoms with E-state index >= 15 is 0 Å². The molecule has 0 aliphatic heterocycles. The van der Waals surface area contributed by atoms with Crippen molar-refractivity contribution in [3.63, 3.8) is 0 Å². The van der Waals surface area contributed by atoms with Gasteiger partial charge in [0.2, 0.25) is 0 Å². The van der Waals surface area contributed by atoms with Gasteiger partial charge >= 0.3 is 0 Å². The molecule has 6 rings (SSSR count). The van der Waals surface area contributed by atoms with Crippen LogP contribution >= 0.6 is 0 Å². The highest BCUT2D eigenvalue weighted by atomic mass is 28.3. The molecule has 1 aliphatic rings. The molecule has 5 aromatic rings. The van der Waals surface area contributed by atoms with Crippen LogP contribution < -0.4 is 9.92 Å². The molecule has 1 aliphatic carbocycles. The lowest BCUT2D eigenvalue weighted by Gasteiger charge is -2.37. The van der Waals surface area contributed by atoms with E-state index in [2.05, 4.69) is 172 Å². The smallest absolute Gasteiger partial charge is 0.122 e. The Kier molecular flexibility index (Phi) is 9.65. The predicted molar refractivity (Wildman–Crippen MR) is 220 cm³/mol. The summed E-state index contributed by atoms with van der Waals surface area (Å²) in [5.74, 6) is 1.06. The van der Waals surface area contributed by atoms with Crippen LogP contribution in [0, 0.1) is 0 Å². The molecule has 5 aromatic carbocycles. The predicted octanol–water partition coefficient (Wildman–Crippen LogP) is 12.6. The number of ether oxygens (including phenoxy) is 1. The minimum atomic E-state index is -2.40. The summed E-state index contributed by atoms with van der Waals surface area (Å²) in [5, 5.41) is 1.40. The van der Waals surface area contributed by atoms with Crippen LogP contribution in [0.2, 0.25) is 13.1 Å². The molecule has 1 nitrogen and oxygen atoms in total. The molecule has 0 unspecified atom stereocenters. The number of aryl methyl sites for hydroxylation is 2. The molecule has 0 saturated heterocycles. The summed E-state index contributed by atoms with van der Waals surface area (Å²) in [6, 6.07) is 37.7. The van der Waals surface area contributed by atoms with Crippen LogP contribution in [-0.4, -0.2) is 14.7 Å². The third kappa shape index (κ3) is 6.67. The maximum absolute atomic E-state index is 6.78. The number of benzene rings is 5. The number of fused-ring (bicyclic) bond motifs is 3. The zero-order valence-electron chi connectivity index (χ0n) is 32.1. The highest BCUT2D eigenvalue weighted by molar-refractivity contribution is 6.92. The first-order valence-corrected chi connectivity index (χ1v) is 21.6. The highest BCUT2D eigenvalue weighted by Crippen LogP contribution is 2.52. The average molecular weight is 677 g/mol. The van der Waals surface area contributed by atoms with Crippen LogP contribution in [0.4, 0.5) is 0 Å². The van der Waals surface area contributed by atoms with E-state index in [4.69, 9.17) is 4.74 Å². The van der Waals surface area contributed by atoms with Crippen LogP contribution in [0.25, 0.3) is 33.4 Å². The first-order chi connectivity index (χ1) is 23.7. The van der Waals surface area contributed by atoms with Gasteiger partial charge in [-0.3, -0.25) is 0 Å². The standard InChI is InChI=1S/C48H56OSi/c1-12-27-49-45-43(48(7,8)9)30-38(47(4,5)6)31-44(45)50(10,11)46-41-28-36(34-19-15-32(13-2)16-20-34)23-25-39(41)40-26-24-37(29-42(40)46)35-21-17-33(14-3)18-22-35/h12,15-26,28-31,46H,1,13-14,27H2,2-11H3. The van der Waals surface area contributed by atoms with Crippen LogP contribution in [0.3, 0.4) is 0 Å². The van der Waals surface area contributed by atoms with Crippen LogP contribution in [0.15, 0.2) is 110 Å². The van der Waals surface area contributed by atoms with E-state index in [0.717, 1.165) is 18.6 Å². The highest BCUT2D eigenvalue weighted by Gasteiger charge is 2.45. The second kappa shape index (κ2) is 13.5. The lowest BCUT2D eigenvalue weighted by Crippen LogP contribution is -2.49. The Bertz CT molecular complexity index is 1920. The summed E-state index contributed by atoms with van der Waals surface area (Å²) >= 11 is 0. The summed E-state index contributed by atoms with van der Waals surface area (Å²) in [7, 11) is -2.40. The van der Waals surface area contributed by atoms with Crippen molar-refractivity contribution in [2.75, 3.05) is 6.61 Å². The van der Waals surface area contributed by atoms with Crippen molar-refractivity contribution in [3.8, 4) is 39.1 Å². The Labute approximate surface area is 303 Å². The van der Waals surface area contributed by atoms with Crippen molar-refractivity contribution >= 4 is 13.3 Å². The first kappa shape index (κ1) is 35.7. The Morgan fingerprint density at radius 1 is 0.620 bits per heavy atom. The van der Waals surface area contributed by atoms with Crippen molar-refractivity contribution in [2.24, 2.45) is 0 Å². The van der Waals surface area contributed by atoms with Gasteiger partial charge in [-0.15, -0.1) is 0 Å². The third-order valence-electron chi connectivity index (χ3n) is 10.9. The van der Waals surface area contributed by atoms with E-state index in [0.29, 0.717) is 6.61 Å². The first-order valence-electron chi connectivity index (χ1n) is 18.6. The van der Waals surface area contributed by atoms with Crippen molar-refractivity contribution in [1.29, 1.82) is 0 Å². The van der Waals surface area contributed by atoms with E-state index in [1.807, 2.05) is 6.08 Å². The zero-order valence-corrected chi connectivity index (χ0v) is 33.1. The van der Waals surface area contributed by atoms with E-state index in [1.165, 1.54) is 71.9 Å². The number of hydrogen-bond donors (Lipinski definition) is 0. The second-order valence-corrected chi connectivity index (χ2v) is 21.4. The lowest BCUT2D eigenvalue weighted by molar-refractivity contribution is 0.353. The Balaban J connectivity index is 1.62. The molecule has 2 heteroatoms. The van der Waals surface area contributed by atoms with Gasteiger partial charge in [0.25, 0.3) is 0 Å². The molecule has 0 fully saturated rings. The van der Waals surface area contributed by atoms with Gasteiger partial charge in [0.15, 0.2) is 0 Å². The summed E-state index contributed by atoms with van der Waals surface area (Å²) in [6.45, 7) is 28.1. The fourth-order valence-corrected chi connectivity index (χ4v) is 11.5. The summed E-state index contributed by atoms with van der Waals surface area (Å²) in [6.07, 6.45) is 3.98. The topological polar surface area (TPSA) is 9.23 Å². The van der Waals surface area contributed by atoms with Crippen LogP contribution in [-0.2, 0) is 23.7 Å². The minimum absolute atomic E-state index is 0.00265. The Morgan fingerprint density at radius 3 is 1.48 bits per heavy atom. The zero-order chi connectivity index (χ0) is 36.0. The maximum Gasteiger partial charge on any atom is 0.122 e. The van der Waals surface area contributed by atoms with Crippen LogP contribution in [0.1, 0.15) is 94.3 Å². The van der Waals surface area contributed by atoms with Crippen molar-refractivity contribution in [2.45, 2.75) is 97.7 Å². The van der Waals surface area contributed by atoms with Gasteiger partial charge in [0.1, 0.15) is 12.4 Å². The monoisotopic (exact) mass is 676 g/mol. The van der Waals surface area contributed by atoms with E-state index < -0.39 is 8.07 Å². The fourth-order valence-electron chi connectivity index (χ4n) is 7.81. The fraction of sp³-hybridized carbons (Fsp3) is 0.333. The molecule has 50 heavy (non-hydrogen) atoms. The molecule has 0 spiro atoms. The molecular formula is C48H56OSi. The van der Waals surface area contributed by atoms with Gasteiger partial charge in [0.05, 0.1) is 8.07 Å². The van der Waals surface area contributed by atoms with E-state index in [1.54, 1.807) is 0 Å². The molecule has 0 aromatic heterocycles. The maximum atomic E-state index is 6.78. The Morgan fingerprint density at radius 2 is 1.08 bits per heavy atom. The molecule has 0 N–H and O–H groups in total. The molecule has 0 amide bonds. The summed E-state index contributed by atoms with van der Waals surface area (Å²) in [5.41, 5.74) is 16.3. The molecule has 0 saturated carbocycles. The van der Waals surface area contributed by atoms with Gasteiger partial charge in [-0.05, 0) is 95.6 Å². The van der Waals surface area contributed by atoms with Gasteiger partial charge in [-0.1, -0.05) is 178 Å². The average Bonchev–Trinajstić information content (AvgIpc) is 3.43. The van der Waals surface area contributed by atoms with Gasteiger partial charge < -0.3 is 4.74 Å². The molecular weight excluding hydrogens is 621 g/mol. The summed E-state index contributed by atoms with van der Waals surface area (Å²) < 4.78 is 6.78. The number of hydrogen-bond acceptors (Lipinski definition) is 1.